The molecule has 3 rings (SSSR count). The molecule has 272 valence electrons. The van der Waals surface area contributed by atoms with E-state index in [1.807, 2.05) is 0 Å². The highest BCUT2D eigenvalue weighted by molar-refractivity contribution is 6.41. The molecule has 16 heteroatoms. The van der Waals surface area contributed by atoms with Gasteiger partial charge in [0.2, 0.25) is 11.8 Å². The summed E-state index contributed by atoms with van der Waals surface area (Å²) in [6.45, 7) is 5.12. The molecule has 2 aromatic carbocycles. The van der Waals surface area contributed by atoms with Gasteiger partial charge < -0.3 is 25.2 Å². The number of amides is 2. The van der Waals surface area contributed by atoms with Crippen LogP contribution in [0.4, 0.5) is 0 Å². The van der Waals surface area contributed by atoms with Gasteiger partial charge in [0.1, 0.15) is 17.7 Å². The van der Waals surface area contributed by atoms with E-state index in [2.05, 4.69) is 31.3 Å². The number of hydrogen-bond acceptors (Lipinski definition) is 11. The zero-order chi connectivity index (χ0) is 37.3. The number of aromatic amines is 1. The van der Waals surface area contributed by atoms with Gasteiger partial charge in [-0.2, -0.15) is 5.21 Å². The number of aromatic nitrogens is 4. The molecule has 0 spiro atoms. The van der Waals surface area contributed by atoms with Crippen LogP contribution >= 0.6 is 11.6 Å². The van der Waals surface area contributed by atoms with E-state index in [0.717, 1.165) is 0 Å². The third kappa shape index (κ3) is 13.4. The standard InChI is InChI=1S/C35H41ClN6O9/c1-4-50-35(49)27(36)17-25(18-29-39-41-42-40-29)37-34(48)26(21(2)3)19-28(43)32(23-13-9-6-10-14-23)38-33(47)24(15-30(44)45)16-31(46)51-20-22-11-7-5-8-12-22/h5-14,17,21,24-26,32H,4,15-16,18-20H2,1-3H3,(H,37,48)(H,38,47)(H,44,45)(H,39,40,41,42)/b27-17-/t24-,25-,26+,32+/m1/s1. The minimum Gasteiger partial charge on any atom is -0.481 e. The van der Waals surface area contributed by atoms with Gasteiger partial charge >= 0.3 is 17.9 Å². The van der Waals surface area contributed by atoms with E-state index in [9.17, 15) is 33.9 Å². The van der Waals surface area contributed by atoms with Crippen molar-refractivity contribution in [1.82, 2.24) is 31.3 Å². The summed E-state index contributed by atoms with van der Waals surface area (Å²) in [7, 11) is 0. The summed E-state index contributed by atoms with van der Waals surface area (Å²) in [6, 6.07) is 14.9. The topological polar surface area (TPSA) is 220 Å². The molecule has 1 aromatic heterocycles. The van der Waals surface area contributed by atoms with Crippen LogP contribution < -0.4 is 10.6 Å². The number of halogens is 1. The van der Waals surface area contributed by atoms with Crippen molar-refractivity contribution >= 4 is 47.1 Å². The molecule has 4 atom stereocenters. The number of ketones is 1. The maximum atomic E-state index is 14.0. The van der Waals surface area contributed by atoms with E-state index in [0.29, 0.717) is 11.1 Å². The first-order valence-electron chi connectivity index (χ1n) is 16.2. The van der Waals surface area contributed by atoms with Crippen molar-refractivity contribution in [3.05, 3.63) is 88.7 Å². The number of rotatable bonds is 20. The van der Waals surface area contributed by atoms with Gasteiger partial charge in [0, 0.05) is 18.8 Å². The number of Topliss-reactive ketones (excluding diaryl/α,β-unsaturated/α-hetero) is 1. The van der Waals surface area contributed by atoms with Crippen LogP contribution in [0.3, 0.4) is 0 Å². The Morgan fingerprint density at radius 2 is 1.57 bits per heavy atom. The van der Waals surface area contributed by atoms with Gasteiger partial charge in [0.25, 0.3) is 0 Å². The summed E-state index contributed by atoms with van der Waals surface area (Å²) in [6.07, 6.45) is -0.286. The third-order valence-electron chi connectivity index (χ3n) is 7.69. The Labute approximate surface area is 299 Å². The van der Waals surface area contributed by atoms with Gasteiger partial charge in [0.15, 0.2) is 11.6 Å². The molecule has 0 aliphatic heterocycles. The lowest BCUT2D eigenvalue weighted by atomic mass is 9.86. The van der Waals surface area contributed by atoms with E-state index in [4.69, 9.17) is 21.1 Å². The summed E-state index contributed by atoms with van der Waals surface area (Å²) in [5.41, 5.74) is 1.10. The monoisotopic (exact) mass is 724 g/mol. The molecular formula is C35H41ClN6O9. The number of H-pyrrole nitrogens is 1. The van der Waals surface area contributed by atoms with Crippen LogP contribution in [0.25, 0.3) is 0 Å². The van der Waals surface area contributed by atoms with Crippen LogP contribution in [0.1, 0.15) is 63.0 Å². The quantitative estimate of drug-likeness (QED) is 0.0975. The van der Waals surface area contributed by atoms with Crippen molar-refractivity contribution in [3.63, 3.8) is 0 Å². The van der Waals surface area contributed by atoms with Gasteiger partial charge in [-0.1, -0.05) is 91.3 Å². The molecular weight excluding hydrogens is 684 g/mol. The average Bonchev–Trinajstić information content (AvgIpc) is 3.61. The van der Waals surface area contributed by atoms with Crippen molar-refractivity contribution in [1.29, 1.82) is 0 Å². The van der Waals surface area contributed by atoms with Gasteiger partial charge in [-0.15, -0.1) is 10.2 Å². The van der Waals surface area contributed by atoms with Crippen LogP contribution in [0.2, 0.25) is 0 Å². The van der Waals surface area contributed by atoms with E-state index < -0.39 is 72.3 Å². The highest BCUT2D eigenvalue weighted by atomic mass is 35.5. The number of ether oxygens (including phenoxy) is 2. The normalized spacial score (nSPS) is 13.7. The Balaban J connectivity index is 1.80. The highest BCUT2D eigenvalue weighted by Gasteiger charge is 2.34. The molecule has 15 nitrogen and oxygen atoms in total. The molecule has 2 amide bonds. The molecule has 0 saturated carbocycles. The Hall–Kier alpha value is -5.44. The number of carbonyl (C=O) groups excluding carboxylic acids is 5. The van der Waals surface area contributed by atoms with Crippen molar-refractivity contribution in [2.45, 2.75) is 65.1 Å². The van der Waals surface area contributed by atoms with Crippen LogP contribution in [-0.4, -0.2) is 73.9 Å². The number of nitrogens with zero attached hydrogens (tertiary/aromatic N) is 3. The molecule has 1 heterocycles. The Morgan fingerprint density at radius 3 is 2.16 bits per heavy atom. The van der Waals surface area contributed by atoms with Gasteiger partial charge in [-0.05, 0) is 30.0 Å². The zero-order valence-corrected chi connectivity index (χ0v) is 29.2. The largest absolute Gasteiger partial charge is 0.481 e. The summed E-state index contributed by atoms with van der Waals surface area (Å²) in [5, 5.41) is 28.3. The van der Waals surface area contributed by atoms with Crippen LogP contribution in [0.15, 0.2) is 71.8 Å². The fourth-order valence-electron chi connectivity index (χ4n) is 5.04. The number of benzene rings is 2. The number of tetrazole rings is 1. The molecule has 3 aromatic rings. The summed E-state index contributed by atoms with van der Waals surface area (Å²) < 4.78 is 10.2. The van der Waals surface area contributed by atoms with Crippen molar-refractivity contribution in [2.75, 3.05) is 6.61 Å². The van der Waals surface area contributed by atoms with E-state index in [1.165, 1.54) is 6.08 Å². The number of aliphatic carboxylic acids is 1. The van der Waals surface area contributed by atoms with Gasteiger partial charge in [0.05, 0.1) is 31.4 Å². The molecule has 51 heavy (non-hydrogen) atoms. The molecule has 0 unspecified atom stereocenters. The second-order valence-electron chi connectivity index (χ2n) is 11.9. The first kappa shape index (κ1) is 40.0. The lowest BCUT2D eigenvalue weighted by Gasteiger charge is -2.26. The molecule has 0 bridgehead atoms. The van der Waals surface area contributed by atoms with E-state index in [-0.39, 0.29) is 42.8 Å². The Morgan fingerprint density at radius 1 is 0.902 bits per heavy atom. The first-order valence-corrected chi connectivity index (χ1v) is 16.6. The van der Waals surface area contributed by atoms with Crippen LogP contribution in [0, 0.1) is 17.8 Å². The Bertz CT molecular complexity index is 1650. The third-order valence-corrected chi connectivity index (χ3v) is 7.97. The zero-order valence-electron chi connectivity index (χ0n) is 28.4. The maximum Gasteiger partial charge on any atom is 0.349 e. The fourth-order valence-corrected chi connectivity index (χ4v) is 5.25. The summed E-state index contributed by atoms with van der Waals surface area (Å²) >= 11 is 6.16. The van der Waals surface area contributed by atoms with Crippen molar-refractivity contribution < 1.29 is 43.3 Å². The minimum atomic E-state index is -1.35. The second kappa shape index (κ2) is 20.3. The fraction of sp³-hybridized carbons (Fsp3) is 0.400. The number of carboxylic acid groups (broad SMARTS) is 1. The lowest BCUT2D eigenvalue weighted by molar-refractivity contribution is -0.150. The Kier molecular flexibility index (Phi) is 15.9. The van der Waals surface area contributed by atoms with Crippen LogP contribution in [0.5, 0.6) is 0 Å². The molecule has 4 N–H and O–H groups in total. The summed E-state index contributed by atoms with van der Waals surface area (Å²) in [5.74, 6) is -7.29. The molecule has 0 aliphatic carbocycles. The van der Waals surface area contributed by atoms with Gasteiger partial charge in [-0.25, -0.2) is 4.79 Å². The summed E-state index contributed by atoms with van der Waals surface area (Å²) in [4.78, 5) is 77.8. The molecule has 0 aliphatic rings. The number of nitrogens with one attached hydrogen (secondary N) is 3. The predicted octanol–water partition coefficient (Wildman–Crippen LogP) is 3.23. The van der Waals surface area contributed by atoms with E-state index in [1.54, 1.807) is 81.4 Å². The van der Waals surface area contributed by atoms with Gasteiger partial charge in [-0.3, -0.25) is 24.0 Å². The van der Waals surface area contributed by atoms with Crippen molar-refractivity contribution in [3.8, 4) is 0 Å². The number of esters is 2. The molecule has 0 saturated heterocycles. The molecule has 0 fully saturated rings. The van der Waals surface area contributed by atoms with E-state index >= 15 is 0 Å². The SMILES string of the molecule is CCOC(=O)/C(Cl)=C/[C@H](Cc1nn[nH]n1)NC(=O)[C@@H](CC(=O)[C@@H](NC(=O)[C@H](CC(=O)O)CC(=O)OCc1ccccc1)c1ccccc1)C(C)C. The lowest BCUT2D eigenvalue weighted by Crippen LogP contribution is -2.44. The number of hydrogen-bond donors (Lipinski definition) is 4. The number of carboxylic acids is 1. The smallest absolute Gasteiger partial charge is 0.349 e. The predicted molar refractivity (Wildman–Crippen MR) is 182 cm³/mol. The average molecular weight is 725 g/mol. The van der Waals surface area contributed by atoms with Crippen molar-refractivity contribution in [2.24, 2.45) is 17.8 Å². The highest BCUT2D eigenvalue weighted by Crippen LogP contribution is 2.24. The van der Waals surface area contributed by atoms with Crippen LogP contribution in [-0.2, 0) is 51.3 Å². The second-order valence-corrected chi connectivity index (χ2v) is 12.3. The minimum absolute atomic E-state index is 0.00191. The maximum absolute atomic E-state index is 14.0. The number of carbonyl (C=O) groups is 6. The molecule has 0 radical (unpaired) electrons. The first-order chi connectivity index (χ1) is 24.4.